The van der Waals surface area contributed by atoms with Crippen LogP contribution in [0.3, 0.4) is 0 Å². The van der Waals surface area contributed by atoms with Gasteiger partial charge in [0.1, 0.15) is 11.7 Å². The number of hydrogen-bond donors (Lipinski definition) is 3. The second-order valence-corrected chi connectivity index (χ2v) is 17.2. The molecule has 8 rings (SSSR count). The Balaban J connectivity index is 0.000000169. The minimum atomic E-state index is -1.61. The van der Waals surface area contributed by atoms with Crippen LogP contribution in [-0.4, -0.2) is 89.0 Å². The normalized spacial score (nSPS) is 41.9. The van der Waals surface area contributed by atoms with Crippen molar-refractivity contribution in [2.75, 3.05) is 27.3 Å². The van der Waals surface area contributed by atoms with Crippen molar-refractivity contribution in [3.05, 3.63) is 47.1 Å². The first-order valence-corrected chi connectivity index (χ1v) is 18.8. The van der Waals surface area contributed by atoms with Crippen LogP contribution in [0.15, 0.2) is 35.9 Å². The van der Waals surface area contributed by atoms with Gasteiger partial charge in [-0.05, 0) is 100 Å². The Kier molecular flexibility index (Phi) is 9.13. The van der Waals surface area contributed by atoms with Crippen molar-refractivity contribution in [2.45, 2.75) is 115 Å². The summed E-state index contributed by atoms with van der Waals surface area (Å²) < 4.78 is 16.7. The lowest BCUT2D eigenvalue weighted by molar-refractivity contribution is -0.182. The molecule has 1 aromatic rings. The van der Waals surface area contributed by atoms with Crippen molar-refractivity contribution in [3.63, 3.8) is 0 Å². The summed E-state index contributed by atoms with van der Waals surface area (Å²) in [5.41, 5.74) is 1.09. The van der Waals surface area contributed by atoms with Crippen LogP contribution < -0.4 is 9.47 Å². The molecule has 5 aliphatic carbocycles. The van der Waals surface area contributed by atoms with Gasteiger partial charge in [-0.15, -0.1) is 0 Å². The molecule has 4 saturated carbocycles. The number of aliphatic hydroxyl groups excluding tert-OH is 2. The highest BCUT2D eigenvalue weighted by atomic mass is 16.5. The number of fused-ring (bicyclic) bond motifs is 5. The Morgan fingerprint density at radius 3 is 2.59 bits per heavy atom. The SMILES string of the molecule is CC(=O)OCC(=O)[C@@]1(O)CC[C@H]2[C@@H]3C[C@H](C)C4=CC(=O)C=C[C@]4(C)[C@H]3[C@@H](O)C[C@@]21C.COc1ccc2c3c1O[C@H]1C[C@@H](O)CC[C@@]31CCN(C)C2. The predicted octanol–water partition coefficient (Wildman–Crippen LogP) is 4.45. The number of Topliss-reactive ketones (excluding diaryl/α,β-unsaturated/α-hetero) is 1. The van der Waals surface area contributed by atoms with Crippen LogP contribution in [0.1, 0.15) is 90.2 Å². The first-order valence-electron chi connectivity index (χ1n) is 18.8. The third kappa shape index (κ3) is 5.53. The maximum atomic E-state index is 12.9. The molecule has 10 nitrogen and oxygen atoms in total. The number of carbonyl (C=O) groups is 3. The van der Waals surface area contributed by atoms with Crippen molar-refractivity contribution in [2.24, 2.45) is 34.5 Å². The Morgan fingerprint density at radius 2 is 1.86 bits per heavy atom. The van der Waals surface area contributed by atoms with E-state index in [0.29, 0.717) is 19.3 Å². The van der Waals surface area contributed by atoms with E-state index >= 15 is 0 Å². The van der Waals surface area contributed by atoms with Gasteiger partial charge in [-0.1, -0.05) is 38.5 Å². The zero-order valence-electron chi connectivity index (χ0n) is 30.9. The van der Waals surface area contributed by atoms with Crippen molar-refractivity contribution < 1.29 is 43.9 Å². The zero-order chi connectivity index (χ0) is 36.7. The van der Waals surface area contributed by atoms with Gasteiger partial charge < -0.3 is 34.4 Å². The molecule has 1 aromatic carbocycles. The number of methoxy groups -OCH3 is 1. The molecular weight excluding hydrogens is 650 g/mol. The molecular formula is C41H55NO9. The fraction of sp³-hybridized carbons (Fsp3) is 0.683. The van der Waals surface area contributed by atoms with Gasteiger partial charge in [-0.25, -0.2) is 0 Å². The molecule has 7 aliphatic rings. The molecule has 11 atom stereocenters. The van der Waals surface area contributed by atoms with E-state index in [4.69, 9.17) is 14.2 Å². The highest BCUT2D eigenvalue weighted by Crippen LogP contribution is 2.68. The topological polar surface area (TPSA) is 143 Å². The van der Waals surface area contributed by atoms with Crippen LogP contribution in [0, 0.1) is 34.5 Å². The van der Waals surface area contributed by atoms with Crippen LogP contribution in [0.4, 0.5) is 0 Å². The van der Waals surface area contributed by atoms with Crippen molar-refractivity contribution in [3.8, 4) is 11.5 Å². The molecule has 0 saturated heterocycles. The molecule has 0 amide bonds. The maximum Gasteiger partial charge on any atom is 0.303 e. The molecule has 278 valence electrons. The number of ether oxygens (including phenoxy) is 3. The van der Waals surface area contributed by atoms with Gasteiger partial charge in [0, 0.05) is 47.6 Å². The first kappa shape index (κ1) is 36.3. The molecule has 2 heterocycles. The second-order valence-electron chi connectivity index (χ2n) is 17.2. The van der Waals surface area contributed by atoms with Gasteiger partial charge in [-0.2, -0.15) is 0 Å². The number of aliphatic hydroxyl groups is 3. The molecule has 51 heavy (non-hydrogen) atoms. The third-order valence-electron chi connectivity index (χ3n) is 14.4. The van der Waals surface area contributed by atoms with Gasteiger partial charge in [0.25, 0.3) is 0 Å². The number of esters is 1. The molecule has 0 radical (unpaired) electrons. The maximum absolute atomic E-state index is 12.9. The number of hydrogen-bond acceptors (Lipinski definition) is 10. The minimum absolute atomic E-state index is 0.00535. The number of ketones is 2. The van der Waals surface area contributed by atoms with E-state index in [2.05, 4.69) is 31.9 Å². The molecule has 0 aromatic heterocycles. The first-order chi connectivity index (χ1) is 24.1. The lowest BCUT2D eigenvalue weighted by atomic mass is 9.45. The average Bonchev–Trinajstić information content (AvgIpc) is 3.50. The average molecular weight is 706 g/mol. The van der Waals surface area contributed by atoms with E-state index in [1.165, 1.54) is 18.1 Å². The van der Waals surface area contributed by atoms with E-state index in [-0.39, 0.29) is 47.1 Å². The van der Waals surface area contributed by atoms with Crippen LogP contribution in [-0.2, 0) is 31.1 Å². The van der Waals surface area contributed by atoms with Gasteiger partial charge in [-0.3, -0.25) is 14.4 Å². The van der Waals surface area contributed by atoms with Crippen LogP contribution >= 0.6 is 0 Å². The van der Waals surface area contributed by atoms with Crippen molar-refractivity contribution in [1.82, 2.24) is 4.90 Å². The smallest absolute Gasteiger partial charge is 0.303 e. The summed E-state index contributed by atoms with van der Waals surface area (Å²) in [6, 6.07) is 4.22. The summed E-state index contributed by atoms with van der Waals surface area (Å²) in [5, 5.41) is 32.9. The van der Waals surface area contributed by atoms with Gasteiger partial charge in [0.05, 0.1) is 19.3 Å². The number of nitrogens with zero attached hydrogens (tertiary/aromatic N) is 1. The number of carbonyl (C=O) groups excluding carboxylic acids is 3. The Bertz CT molecular complexity index is 1670. The third-order valence-corrected chi connectivity index (χ3v) is 14.4. The number of rotatable bonds is 4. The summed E-state index contributed by atoms with van der Waals surface area (Å²) in [7, 11) is 3.88. The molecule has 2 aliphatic heterocycles. The Morgan fingerprint density at radius 1 is 1.10 bits per heavy atom. The number of benzene rings is 1. The highest BCUT2D eigenvalue weighted by molar-refractivity contribution is 6.01. The summed E-state index contributed by atoms with van der Waals surface area (Å²) in [6.07, 6.45) is 10.3. The molecule has 1 spiro atoms. The standard InChI is InChI=1S/C24H32O6.C17H23NO3/c1-13-9-16-17-6-8-24(29,20(28)12-30-14(2)25)23(17,4)11-19(27)21(16)22(3)7-5-15(26)10-18(13)22;1-18-8-7-17-6-5-12(19)9-14(17)21-16-13(20-2)4-3-11(10-18)15(16)17/h5,7,10,13,16-17,19,21,27,29H,6,8-9,11-12H2,1-4H3;3-4,12,14,19H,5-10H2,1-2H3/t13-,16-,17-,19-,21+,22-,23-,24-;12-,14-,17-/m00/s1. The van der Waals surface area contributed by atoms with E-state index in [0.717, 1.165) is 62.3 Å². The highest BCUT2D eigenvalue weighted by Gasteiger charge is 2.68. The van der Waals surface area contributed by atoms with E-state index in [1.807, 2.05) is 19.1 Å². The van der Waals surface area contributed by atoms with E-state index in [9.17, 15) is 29.7 Å². The van der Waals surface area contributed by atoms with Gasteiger partial charge in [0.15, 0.2) is 23.9 Å². The van der Waals surface area contributed by atoms with Crippen LogP contribution in [0.25, 0.3) is 0 Å². The molecule has 0 bridgehead atoms. The van der Waals surface area contributed by atoms with Gasteiger partial charge in [0.2, 0.25) is 5.78 Å². The van der Waals surface area contributed by atoms with E-state index in [1.54, 1.807) is 19.3 Å². The van der Waals surface area contributed by atoms with Crippen LogP contribution in [0.2, 0.25) is 0 Å². The monoisotopic (exact) mass is 705 g/mol. The lowest BCUT2D eigenvalue weighted by Gasteiger charge is -2.60. The van der Waals surface area contributed by atoms with Crippen molar-refractivity contribution in [1.29, 1.82) is 0 Å². The zero-order valence-corrected chi connectivity index (χ0v) is 30.9. The molecule has 4 fully saturated rings. The summed E-state index contributed by atoms with van der Waals surface area (Å²) in [5.74, 6) is 1.06. The lowest BCUT2D eigenvalue weighted by Crippen LogP contribution is -2.62. The van der Waals surface area contributed by atoms with Crippen molar-refractivity contribution >= 4 is 17.5 Å². The predicted molar refractivity (Wildman–Crippen MR) is 189 cm³/mol. The number of allylic oxidation sites excluding steroid dienone is 4. The van der Waals surface area contributed by atoms with E-state index < -0.39 is 40.9 Å². The molecule has 0 unspecified atom stereocenters. The Labute approximate surface area is 301 Å². The minimum Gasteiger partial charge on any atom is -0.493 e. The van der Waals surface area contributed by atoms with Gasteiger partial charge >= 0.3 is 5.97 Å². The summed E-state index contributed by atoms with van der Waals surface area (Å²) >= 11 is 0. The molecule has 10 heteroatoms. The summed E-state index contributed by atoms with van der Waals surface area (Å²) in [4.78, 5) is 38.5. The quantitative estimate of drug-likeness (QED) is 0.385. The Hall–Kier alpha value is -3.05. The second kappa shape index (κ2) is 12.8. The van der Waals surface area contributed by atoms with Crippen LogP contribution in [0.5, 0.6) is 11.5 Å². The summed E-state index contributed by atoms with van der Waals surface area (Å²) in [6.45, 7) is 8.98. The fourth-order valence-electron chi connectivity index (χ4n) is 12.0. The largest absolute Gasteiger partial charge is 0.493 e. The fourth-order valence-corrected chi connectivity index (χ4v) is 12.0. The molecule has 3 N–H and O–H groups in total.